The molecule has 2 aromatic rings. The van der Waals surface area contributed by atoms with Gasteiger partial charge in [0, 0.05) is 25.0 Å². The van der Waals surface area contributed by atoms with Crippen molar-refractivity contribution in [3.8, 4) is 17.0 Å². The van der Waals surface area contributed by atoms with Crippen LogP contribution in [0.2, 0.25) is 0 Å². The molecular formula is C12H13N3O. The van der Waals surface area contributed by atoms with Crippen LogP contribution in [0, 0.1) is 0 Å². The number of ether oxygens (including phenoxy) is 1. The van der Waals surface area contributed by atoms with Gasteiger partial charge in [0.25, 0.3) is 0 Å². The molecule has 16 heavy (non-hydrogen) atoms. The third-order valence-electron chi connectivity index (χ3n) is 2.33. The van der Waals surface area contributed by atoms with Gasteiger partial charge in [-0.15, -0.1) is 0 Å². The van der Waals surface area contributed by atoms with Crippen molar-refractivity contribution in [3.05, 3.63) is 36.8 Å². The first-order valence-electron chi connectivity index (χ1n) is 4.97. The van der Waals surface area contributed by atoms with Gasteiger partial charge in [0.15, 0.2) is 0 Å². The largest absolute Gasteiger partial charge is 0.495 e. The van der Waals surface area contributed by atoms with E-state index in [1.54, 1.807) is 25.7 Å². The molecule has 0 saturated heterocycles. The molecule has 0 bridgehead atoms. The van der Waals surface area contributed by atoms with Crippen LogP contribution in [0.3, 0.4) is 0 Å². The molecule has 82 valence electrons. The molecule has 0 aliphatic carbocycles. The zero-order valence-corrected chi connectivity index (χ0v) is 9.27. The number of hydrogen-bond donors (Lipinski definition) is 1. The minimum absolute atomic E-state index is 0.815. The lowest BCUT2D eigenvalue weighted by Crippen LogP contribution is -1.94. The second-order valence-electron chi connectivity index (χ2n) is 3.26. The molecule has 0 unspecified atom stereocenters. The Balaban J connectivity index is 2.44. The lowest BCUT2D eigenvalue weighted by molar-refractivity contribution is 0.416. The number of rotatable bonds is 3. The van der Waals surface area contributed by atoms with Gasteiger partial charge in [-0.3, -0.25) is 9.97 Å². The van der Waals surface area contributed by atoms with Crippen LogP contribution < -0.4 is 10.1 Å². The Morgan fingerprint density at radius 3 is 2.75 bits per heavy atom. The van der Waals surface area contributed by atoms with Crippen LogP contribution in [0.25, 0.3) is 11.3 Å². The van der Waals surface area contributed by atoms with Gasteiger partial charge in [-0.2, -0.15) is 0 Å². The van der Waals surface area contributed by atoms with Crippen molar-refractivity contribution in [3.63, 3.8) is 0 Å². The summed E-state index contributed by atoms with van der Waals surface area (Å²) in [5.41, 5.74) is 2.80. The maximum Gasteiger partial charge on any atom is 0.141 e. The minimum Gasteiger partial charge on any atom is -0.495 e. The Bertz CT molecular complexity index is 471. The van der Waals surface area contributed by atoms with Crippen molar-refractivity contribution in [2.24, 2.45) is 0 Å². The van der Waals surface area contributed by atoms with E-state index < -0.39 is 0 Å². The summed E-state index contributed by atoms with van der Waals surface area (Å²) >= 11 is 0. The number of nitrogens with zero attached hydrogens (tertiary/aromatic N) is 2. The van der Waals surface area contributed by atoms with Gasteiger partial charge in [0.05, 0.1) is 24.7 Å². The Morgan fingerprint density at radius 2 is 2.12 bits per heavy atom. The molecule has 0 aliphatic heterocycles. The zero-order chi connectivity index (χ0) is 11.4. The molecule has 1 N–H and O–H groups in total. The van der Waals surface area contributed by atoms with E-state index in [2.05, 4.69) is 15.3 Å². The van der Waals surface area contributed by atoms with Crippen molar-refractivity contribution in [2.75, 3.05) is 19.5 Å². The highest BCUT2D eigenvalue weighted by molar-refractivity contribution is 5.69. The molecule has 0 atom stereocenters. The molecule has 4 heteroatoms. The molecule has 1 heterocycles. The van der Waals surface area contributed by atoms with Gasteiger partial charge in [-0.05, 0) is 18.2 Å². The maximum absolute atomic E-state index is 5.23. The lowest BCUT2D eigenvalue weighted by Gasteiger charge is -2.09. The average Bonchev–Trinajstić information content (AvgIpc) is 2.39. The van der Waals surface area contributed by atoms with Crippen LogP contribution in [0.1, 0.15) is 0 Å². The zero-order valence-electron chi connectivity index (χ0n) is 9.27. The van der Waals surface area contributed by atoms with E-state index in [0.29, 0.717) is 0 Å². The van der Waals surface area contributed by atoms with E-state index in [-0.39, 0.29) is 0 Å². The second kappa shape index (κ2) is 4.61. The molecule has 0 aliphatic rings. The van der Waals surface area contributed by atoms with Crippen LogP contribution in [-0.2, 0) is 0 Å². The number of methoxy groups -OCH3 is 1. The normalized spacial score (nSPS) is 9.88. The van der Waals surface area contributed by atoms with E-state index in [9.17, 15) is 0 Å². The fourth-order valence-corrected chi connectivity index (χ4v) is 1.51. The molecule has 2 rings (SSSR count). The minimum atomic E-state index is 0.815. The van der Waals surface area contributed by atoms with Gasteiger partial charge in [0.1, 0.15) is 5.75 Å². The van der Waals surface area contributed by atoms with Crippen molar-refractivity contribution in [1.29, 1.82) is 0 Å². The molecule has 0 amide bonds. The molecule has 0 fully saturated rings. The predicted octanol–water partition coefficient (Wildman–Crippen LogP) is 2.19. The summed E-state index contributed by atoms with van der Waals surface area (Å²) < 4.78 is 5.23. The number of benzene rings is 1. The van der Waals surface area contributed by atoms with Crippen LogP contribution in [0.5, 0.6) is 5.75 Å². The highest BCUT2D eigenvalue weighted by atomic mass is 16.5. The predicted molar refractivity (Wildman–Crippen MR) is 63.6 cm³/mol. The summed E-state index contributed by atoms with van der Waals surface area (Å²) in [4.78, 5) is 8.29. The third-order valence-corrected chi connectivity index (χ3v) is 2.33. The highest BCUT2D eigenvalue weighted by Crippen LogP contribution is 2.28. The fourth-order valence-electron chi connectivity index (χ4n) is 1.51. The molecule has 4 nitrogen and oxygen atoms in total. The van der Waals surface area contributed by atoms with E-state index in [1.807, 2.05) is 25.2 Å². The van der Waals surface area contributed by atoms with Gasteiger partial charge in [-0.25, -0.2) is 0 Å². The summed E-state index contributed by atoms with van der Waals surface area (Å²) in [6.45, 7) is 0. The van der Waals surface area contributed by atoms with Gasteiger partial charge < -0.3 is 10.1 Å². The number of nitrogens with one attached hydrogen (secondary N) is 1. The van der Waals surface area contributed by atoms with Crippen LogP contribution in [-0.4, -0.2) is 24.1 Å². The third kappa shape index (κ3) is 1.95. The van der Waals surface area contributed by atoms with Crippen molar-refractivity contribution < 1.29 is 4.74 Å². The Morgan fingerprint density at radius 1 is 1.25 bits per heavy atom. The summed E-state index contributed by atoms with van der Waals surface area (Å²) in [6.07, 6.45) is 5.08. The Hall–Kier alpha value is -2.10. The number of anilines is 1. The fraction of sp³-hybridized carbons (Fsp3) is 0.167. The first-order chi connectivity index (χ1) is 7.85. The topological polar surface area (TPSA) is 47.0 Å². The lowest BCUT2D eigenvalue weighted by atomic mass is 10.1. The first-order valence-corrected chi connectivity index (χ1v) is 4.97. The summed E-state index contributed by atoms with van der Waals surface area (Å²) in [6, 6.07) is 5.86. The first kappa shape index (κ1) is 10.4. The number of hydrogen-bond acceptors (Lipinski definition) is 4. The molecule has 1 aromatic carbocycles. The van der Waals surface area contributed by atoms with Crippen LogP contribution in [0.4, 0.5) is 5.69 Å². The van der Waals surface area contributed by atoms with E-state index in [0.717, 1.165) is 22.7 Å². The number of aromatic nitrogens is 2. The maximum atomic E-state index is 5.23. The summed E-state index contributed by atoms with van der Waals surface area (Å²) in [5, 5.41) is 3.08. The standard InChI is InChI=1S/C12H13N3O/c1-13-10-7-9(3-4-12(10)16-2)11-8-14-5-6-15-11/h3-8,13H,1-2H3. The SMILES string of the molecule is CNc1cc(-c2cnccn2)ccc1OC. The molecular weight excluding hydrogens is 202 g/mol. The molecule has 0 saturated carbocycles. The highest BCUT2D eigenvalue weighted by Gasteiger charge is 2.04. The van der Waals surface area contributed by atoms with Gasteiger partial charge in [0.2, 0.25) is 0 Å². The quantitative estimate of drug-likeness (QED) is 0.852. The van der Waals surface area contributed by atoms with E-state index >= 15 is 0 Å². The van der Waals surface area contributed by atoms with Gasteiger partial charge in [-0.1, -0.05) is 0 Å². The molecule has 0 spiro atoms. The smallest absolute Gasteiger partial charge is 0.141 e. The van der Waals surface area contributed by atoms with E-state index in [1.165, 1.54) is 0 Å². The summed E-state index contributed by atoms with van der Waals surface area (Å²) in [7, 11) is 3.51. The van der Waals surface area contributed by atoms with Crippen molar-refractivity contribution in [1.82, 2.24) is 9.97 Å². The van der Waals surface area contributed by atoms with E-state index in [4.69, 9.17) is 4.74 Å². The monoisotopic (exact) mass is 215 g/mol. The van der Waals surface area contributed by atoms with Crippen LogP contribution >= 0.6 is 0 Å². The van der Waals surface area contributed by atoms with Gasteiger partial charge >= 0.3 is 0 Å². The Kier molecular flexibility index (Phi) is 3.00. The van der Waals surface area contributed by atoms with Crippen molar-refractivity contribution in [2.45, 2.75) is 0 Å². The summed E-state index contributed by atoms with van der Waals surface area (Å²) in [5.74, 6) is 0.815. The molecule has 0 radical (unpaired) electrons. The molecule has 1 aromatic heterocycles. The Labute approximate surface area is 94.3 Å². The second-order valence-corrected chi connectivity index (χ2v) is 3.26. The van der Waals surface area contributed by atoms with Crippen LogP contribution in [0.15, 0.2) is 36.8 Å². The van der Waals surface area contributed by atoms with Crippen molar-refractivity contribution >= 4 is 5.69 Å². The average molecular weight is 215 g/mol.